The molecule has 3 heteroatoms. The van der Waals surface area contributed by atoms with Gasteiger partial charge in [-0.25, -0.2) is 0 Å². The van der Waals surface area contributed by atoms with Gasteiger partial charge < -0.3 is 14.7 Å². The minimum Gasteiger partial charge on any atom is -0.391 e. The summed E-state index contributed by atoms with van der Waals surface area (Å²) in [5.74, 6) is 0. The number of aliphatic hydroxyl groups excluding tert-OH is 2. The average molecular weight is 609 g/mol. The van der Waals surface area contributed by atoms with E-state index >= 15 is 0 Å². The second-order valence-corrected chi connectivity index (χ2v) is 13.9. The molecule has 0 aliphatic rings. The minimum atomic E-state index is 0.241. The van der Waals surface area contributed by atoms with Crippen LogP contribution < -0.4 is 0 Å². The molecule has 0 aromatic rings. The predicted molar refractivity (Wildman–Crippen MR) is 193 cm³/mol. The molecule has 0 saturated carbocycles. The normalized spacial score (nSPS) is 12.2. The molecule has 0 radical (unpaired) electrons. The topological polar surface area (TPSA) is 40.5 Å². The van der Waals surface area contributed by atoms with E-state index in [4.69, 9.17) is 0 Å². The molecule has 3 nitrogen and oxygen atoms in total. The smallest absolute Gasteiger partial charge is 0.102 e. The van der Waals surface area contributed by atoms with Crippen molar-refractivity contribution in [3.05, 3.63) is 12.2 Å². The van der Waals surface area contributed by atoms with Crippen LogP contribution in [0.3, 0.4) is 0 Å². The third-order valence-electron chi connectivity index (χ3n) is 9.78. The number of quaternary nitrogens is 1. The largest absolute Gasteiger partial charge is 0.391 e. The van der Waals surface area contributed by atoms with Crippen molar-refractivity contribution < 1.29 is 14.7 Å². The minimum absolute atomic E-state index is 0.241. The molecule has 2 N–H and O–H groups in total. The number of nitrogens with zero attached hydrogens (tertiary/aromatic N) is 1. The third kappa shape index (κ3) is 31.4. The summed E-state index contributed by atoms with van der Waals surface area (Å²) in [6.07, 6.45) is 46.0. The molecule has 43 heavy (non-hydrogen) atoms. The van der Waals surface area contributed by atoms with E-state index in [-0.39, 0.29) is 13.2 Å². The van der Waals surface area contributed by atoms with Crippen molar-refractivity contribution in [3.8, 4) is 0 Å². The number of unbranched alkanes of at least 4 members (excludes halogenated alkanes) is 27. The molecule has 0 amide bonds. The van der Waals surface area contributed by atoms with Gasteiger partial charge in [0.25, 0.3) is 0 Å². The van der Waals surface area contributed by atoms with E-state index in [9.17, 15) is 10.2 Å². The Bertz CT molecular complexity index is 529. The highest BCUT2D eigenvalue weighted by molar-refractivity contribution is 4.81. The molecule has 0 rings (SSSR count). The summed E-state index contributed by atoms with van der Waals surface area (Å²) in [7, 11) is 0. The standard InChI is InChI=1S/C40H82NO2/c1-3-5-7-9-11-13-15-17-19-21-23-25-27-29-31-33-35-41(37-39-42,38-40-43)36-34-32-30-28-26-24-22-20-18-16-14-12-10-8-6-4-2/h17,19,42-43H,3-16,18,20-40H2,1-2H3/q+1/b19-17-. The Morgan fingerprint density at radius 3 is 0.860 bits per heavy atom. The molecule has 0 saturated heterocycles. The summed E-state index contributed by atoms with van der Waals surface area (Å²) in [5.41, 5.74) is 0. The van der Waals surface area contributed by atoms with Gasteiger partial charge in [0.15, 0.2) is 0 Å². The highest BCUT2D eigenvalue weighted by Crippen LogP contribution is 2.17. The van der Waals surface area contributed by atoms with Gasteiger partial charge in [0.05, 0.1) is 26.3 Å². The first-order valence-electron chi connectivity index (χ1n) is 20.0. The van der Waals surface area contributed by atoms with Gasteiger partial charge >= 0.3 is 0 Å². The monoisotopic (exact) mass is 609 g/mol. The van der Waals surface area contributed by atoms with E-state index in [0.29, 0.717) is 0 Å². The Morgan fingerprint density at radius 2 is 0.581 bits per heavy atom. The van der Waals surface area contributed by atoms with Crippen molar-refractivity contribution in [1.82, 2.24) is 0 Å². The predicted octanol–water partition coefficient (Wildman–Crippen LogP) is 12.1. The van der Waals surface area contributed by atoms with Crippen molar-refractivity contribution >= 4 is 0 Å². The van der Waals surface area contributed by atoms with Crippen LogP contribution in [-0.2, 0) is 0 Å². The van der Waals surface area contributed by atoms with Crippen LogP contribution in [0.2, 0.25) is 0 Å². The maximum absolute atomic E-state index is 9.80. The van der Waals surface area contributed by atoms with Gasteiger partial charge in [-0.1, -0.05) is 167 Å². The van der Waals surface area contributed by atoms with Gasteiger partial charge in [-0.05, 0) is 51.4 Å². The van der Waals surface area contributed by atoms with E-state index in [2.05, 4.69) is 26.0 Å². The Kier molecular flexibility index (Phi) is 35.8. The fourth-order valence-electron chi connectivity index (χ4n) is 6.79. The van der Waals surface area contributed by atoms with Crippen LogP contribution in [0, 0.1) is 0 Å². The summed E-state index contributed by atoms with van der Waals surface area (Å²) < 4.78 is 0.926. The average Bonchev–Trinajstić information content (AvgIpc) is 3.01. The van der Waals surface area contributed by atoms with Crippen molar-refractivity contribution in [3.63, 3.8) is 0 Å². The Balaban J connectivity index is 3.77. The maximum atomic E-state index is 9.80. The first-order valence-corrected chi connectivity index (χ1v) is 20.0. The summed E-state index contributed by atoms with van der Waals surface area (Å²) in [5, 5.41) is 19.6. The molecule has 0 aliphatic carbocycles. The molecule has 0 aromatic carbocycles. The molecule has 0 atom stereocenters. The van der Waals surface area contributed by atoms with Crippen LogP contribution in [0.15, 0.2) is 12.2 Å². The zero-order valence-corrected chi connectivity index (χ0v) is 30.0. The summed E-state index contributed by atoms with van der Waals surface area (Å²) in [4.78, 5) is 0. The lowest BCUT2D eigenvalue weighted by Crippen LogP contribution is -2.52. The fourth-order valence-corrected chi connectivity index (χ4v) is 6.79. The van der Waals surface area contributed by atoms with Crippen molar-refractivity contribution in [2.75, 3.05) is 39.4 Å². The van der Waals surface area contributed by atoms with Crippen LogP contribution in [0.25, 0.3) is 0 Å². The van der Waals surface area contributed by atoms with E-state index in [1.807, 2.05) is 0 Å². The lowest BCUT2D eigenvalue weighted by atomic mass is 10.0. The molecule has 0 heterocycles. The number of hydrogen-bond donors (Lipinski definition) is 2. The van der Waals surface area contributed by atoms with Gasteiger partial charge in [0.2, 0.25) is 0 Å². The molecule has 0 fully saturated rings. The van der Waals surface area contributed by atoms with E-state index < -0.39 is 0 Å². The van der Waals surface area contributed by atoms with E-state index in [1.165, 1.54) is 193 Å². The molecule has 0 spiro atoms. The Morgan fingerprint density at radius 1 is 0.326 bits per heavy atom. The SMILES string of the molecule is CCCCCCCC/C=C\CCCCCCCC[N+](CCO)(CCO)CCCCCCCCCCCCCCCCCC. The van der Waals surface area contributed by atoms with Crippen molar-refractivity contribution in [2.45, 2.75) is 206 Å². The molecule has 258 valence electrons. The van der Waals surface area contributed by atoms with E-state index in [1.54, 1.807) is 0 Å². The van der Waals surface area contributed by atoms with Crippen LogP contribution in [0.4, 0.5) is 0 Å². The van der Waals surface area contributed by atoms with Gasteiger partial charge in [-0.15, -0.1) is 0 Å². The van der Waals surface area contributed by atoms with Crippen molar-refractivity contribution in [1.29, 1.82) is 0 Å². The zero-order valence-electron chi connectivity index (χ0n) is 30.0. The molecule has 0 aromatic heterocycles. The quantitative estimate of drug-likeness (QED) is 0.0418. The number of aliphatic hydroxyl groups is 2. The van der Waals surface area contributed by atoms with Crippen molar-refractivity contribution in [2.24, 2.45) is 0 Å². The fraction of sp³-hybridized carbons (Fsp3) is 0.950. The lowest BCUT2D eigenvalue weighted by molar-refractivity contribution is -0.929. The van der Waals surface area contributed by atoms with Gasteiger partial charge in [0.1, 0.15) is 13.1 Å². The van der Waals surface area contributed by atoms with Crippen LogP contribution in [-0.4, -0.2) is 54.1 Å². The first-order chi connectivity index (χ1) is 21.2. The first kappa shape index (κ1) is 42.6. The Hall–Kier alpha value is -0.380. The van der Waals surface area contributed by atoms with Crippen LogP contribution in [0.5, 0.6) is 0 Å². The highest BCUT2D eigenvalue weighted by Gasteiger charge is 2.25. The molecular formula is C40H82NO2+. The lowest BCUT2D eigenvalue weighted by Gasteiger charge is -2.38. The number of rotatable bonds is 37. The molecule has 0 unspecified atom stereocenters. The summed E-state index contributed by atoms with van der Waals surface area (Å²) in [6, 6.07) is 0. The number of hydrogen-bond acceptors (Lipinski definition) is 2. The summed E-state index contributed by atoms with van der Waals surface area (Å²) >= 11 is 0. The third-order valence-corrected chi connectivity index (χ3v) is 9.78. The van der Waals surface area contributed by atoms with Gasteiger partial charge in [0, 0.05) is 0 Å². The number of allylic oxidation sites excluding steroid dienone is 2. The van der Waals surface area contributed by atoms with Crippen LogP contribution in [0.1, 0.15) is 206 Å². The second kappa shape index (κ2) is 36.1. The second-order valence-electron chi connectivity index (χ2n) is 13.9. The van der Waals surface area contributed by atoms with Gasteiger partial charge in [-0.2, -0.15) is 0 Å². The van der Waals surface area contributed by atoms with Crippen LogP contribution >= 0.6 is 0 Å². The molecular weight excluding hydrogens is 526 g/mol. The molecule has 0 aliphatic heterocycles. The van der Waals surface area contributed by atoms with Gasteiger partial charge in [-0.3, -0.25) is 0 Å². The highest BCUT2D eigenvalue weighted by atomic mass is 16.3. The van der Waals surface area contributed by atoms with E-state index in [0.717, 1.165) is 30.7 Å². The summed E-state index contributed by atoms with van der Waals surface area (Å²) in [6.45, 7) is 8.94. The molecule has 0 bridgehead atoms. The Labute approximate surface area is 272 Å². The maximum Gasteiger partial charge on any atom is 0.102 e. The zero-order chi connectivity index (χ0) is 31.4.